The first-order valence-electron chi connectivity index (χ1n) is 6.66. The van der Waals surface area contributed by atoms with E-state index in [9.17, 15) is 0 Å². The molecule has 0 amide bonds. The van der Waals surface area contributed by atoms with Crippen LogP contribution in [0.4, 0.5) is 0 Å². The van der Waals surface area contributed by atoms with E-state index in [-0.39, 0.29) is 0 Å². The highest BCUT2D eigenvalue weighted by molar-refractivity contribution is 5.01. The van der Waals surface area contributed by atoms with Crippen molar-refractivity contribution < 1.29 is 0 Å². The van der Waals surface area contributed by atoms with Gasteiger partial charge in [0, 0.05) is 50.3 Å². The van der Waals surface area contributed by atoms with Gasteiger partial charge in [0.2, 0.25) is 0 Å². The fraction of sp³-hybridized carbons (Fsp3) is 0.500. The van der Waals surface area contributed by atoms with E-state index in [0.29, 0.717) is 6.04 Å². The molecule has 5 heteroatoms. The van der Waals surface area contributed by atoms with Gasteiger partial charge in [-0.15, -0.1) is 0 Å². The summed E-state index contributed by atoms with van der Waals surface area (Å²) in [5.74, 6) is 0. The van der Waals surface area contributed by atoms with Gasteiger partial charge in [-0.3, -0.25) is 19.5 Å². The zero-order valence-corrected chi connectivity index (χ0v) is 11.8. The second-order valence-corrected chi connectivity index (χ2v) is 4.83. The first-order valence-corrected chi connectivity index (χ1v) is 6.66. The summed E-state index contributed by atoms with van der Waals surface area (Å²) in [7, 11) is 2.12. The zero-order valence-electron chi connectivity index (χ0n) is 11.8. The predicted molar refractivity (Wildman–Crippen MR) is 74.6 cm³/mol. The van der Waals surface area contributed by atoms with Gasteiger partial charge in [-0.25, -0.2) is 0 Å². The first kappa shape index (κ1) is 13.7. The monoisotopic (exact) mass is 259 g/mol. The third kappa shape index (κ3) is 3.86. The summed E-state index contributed by atoms with van der Waals surface area (Å²) in [6.07, 6.45) is 8.20. The molecule has 0 bridgehead atoms. The number of rotatable bonds is 6. The summed E-state index contributed by atoms with van der Waals surface area (Å²) >= 11 is 0. The Labute approximate surface area is 114 Å². The van der Waals surface area contributed by atoms with Gasteiger partial charge < -0.3 is 0 Å². The molecule has 0 saturated carbocycles. The largest absolute Gasteiger partial charge is 0.297 e. The minimum atomic E-state index is 0.406. The predicted octanol–water partition coefficient (Wildman–Crippen LogP) is 1.76. The van der Waals surface area contributed by atoms with E-state index in [1.807, 2.05) is 17.1 Å². The highest BCUT2D eigenvalue weighted by Crippen LogP contribution is 2.08. The summed E-state index contributed by atoms with van der Waals surface area (Å²) in [6, 6.07) is 2.48. The third-order valence-corrected chi connectivity index (χ3v) is 3.30. The van der Waals surface area contributed by atoms with Crippen LogP contribution in [0.1, 0.15) is 25.2 Å². The molecule has 0 aromatic carbocycles. The Bertz CT molecular complexity index is 494. The van der Waals surface area contributed by atoms with E-state index >= 15 is 0 Å². The van der Waals surface area contributed by atoms with Crippen molar-refractivity contribution in [1.82, 2.24) is 24.6 Å². The molecule has 0 aliphatic rings. The number of hydrogen-bond acceptors (Lipinski definition) is 4. The van der Waals surface area contributed by atoms with Crippen molar-refractivity contribution in [3.8, 4) is 0 Å². The van der Waals surface area contributed by atoms with Crippen molar-refractivity contribution in [3.63, 3.8) is 0 Å². The van der Waals surface area contributed by atoms with Crippen LogP contribution in [0.2, 0.25) is 0 Å². The molecule has 19 heavy (non-hydrogen) atoms. The molecule has 0 spiro atoms. The number of aromatic nitrogens is 4. The van der Waals surface area contributed by atoms with Crippen molar-refractivity contribution in [2.45, 2.75) is 39.4 Å². The highest BCUT2D eigenvalue weighted by atomic mass is 15.3. The Morgan fingerprint density at radius 3 is 2.79 bits per heavy atom. The van der Waals surface area contributed by atoms with Crippen molar-refractivity contribution in [2.24, 2.45) is 0 Å². The number of hydrogen-bond donors (Lipinski definition) is 0. The van der Waals surface area contributed by atoms with Crippen molar-refractivity contribution in [2.75, 3.05) is 7.05 Å². The van der Waals surface area contributed by atoms with Gasteiger partial charge in [-0.05, 0) is 27.0 Å². The normalized spacial score (nSPS) is 12.8. The van der Waals surface area contributed by atoms with Gasteiger partial charge >= 0.3 is 0 Å². The quantitative estimate of drug-likeness (QED) is 0.793. The molecule has 102 valence electrons. The van der Waals surface area contributed by atoms with Crippen LogP contribution >= 0.6 is 0 Å². The number of likely N-dealkylation sites (N-methyl/N-ethyl adjacent to an activating group) is 1. The Morgan fingerprint density at radius 1 is 1.32 bits per heavy atom. The van der Waals surface area contributed by atoms with Gasteiger partial charge in [0.1, 0.15) is 0 Å². The van der Waals surface area contributed by atoms with Crippen LogP contribution in [0.5, 0.6) is 0 Å². The average Bonchev–Trinajstić information content (AvgIpc) is 2.87. The lowest BCUT2D eigenvalue weighted by molar-refractivity contribution is 0.243. The van der Waals surface area contributed by atoms with Crippen LogP contribution in [-0.2, 0) is 19.5 Å². The lowest BCUT2D eigenvalue weighted by atomic mass is 10.1. The molecular formula is C14H21N5. The summed E-state index contributed by atoms with van der Waals surface area (Å²) in [4.78, 5) is 10.7. The van der Waals surface area contributed by atoms with E-state index in [4.69, 9.17) is 0 Å². The van der Waals surface area contributed by atoms with Crippen LogP contribution in [0.3, 0.4) is 0 Å². The Hall–Kier alpha value is -1.75. The molecular weight excluding hydrogens is 238 g/mol. The van der Waals surface area contributed by atoms with Crippen LogP contribution in [0, 0.1) is 0 Å². The Kier molecular flexibility index (Phi) is 4.63. The molecule has 2 rings (SSSR count). The van der Waals surface area contributed by atoms with E-state index in [1.165, 1.54) is 0 Å². The summed E-state index contributed by atoms with van der Waals surface area (Å²) in [5.41, 5.74) is 2.14. The number of aryl methyl sites for hydroxylation is 1. The summed E-state index contributed by atoms with van der Waals surface area (Å²) in [6.45, 7) is 6.07. The molecule has 1 atom stereocenters. The number of nitrogens with zero attached hydrogens (tertiary/aromatic N) is 5. The lowest BCUT2D eigenvalue weighted by Crippen LogP contribution is -2.30. The van der Waals surface area contributed by atoms with E-state index < -0.39 is 0 Å². The van der Waals surface area contributed by atoms with E-state index in [1.54, 1.807) is 12.4 Å². The molecule has 0 unspecified atom stereocenters. The topological polar surface area (TPSA) is 46.8 Å². The minimum absolute atomic E-state index is 0.406. The SMILES string of the molecule is CCn1ccc(CN(C)[C@H](C)Cc2cnccn2)n1. The molecule has 0 radical (unpaired) electrons. The Balaban J connectivity index is 1.90. The molecule has 2 aromatic heterocycles. The van der Waals surface area contributed by atoms with Crippen LogP contribution in [0.25, 0.3) is 0 Å². The summed E-state index contributed by atoms with van der Waals surface area (Å²) in [5, 5.41) is 4.51. The molecule has 0 N–H and O–H groups in total. The smallest absolute Gasteiger partial charge is 0.0764 e. The van der Waals surface area contributed by atoms with Crippen molar-refractivity contribution in [3.05, 3.63) is 42.2 Å². The van der Waals surface area contributed by atoms with E-state index in [0.717, 1.165) is 30.9 Å². The molecule has 0 saturated heterocycles. The average molecular weight is 259 g/mol. The molecule has 0 aliphatic carbocycles. The summed E-state index contributed by atoms with van der Waals surface area (Å²) < 4.78 is 1.95. The van der Waals surface area contributed by atoms with Crippen LogP contribution in [-0.4, -0.2) is 37.7 Å². The van der Waals surface area contributed by atoms with Crippen molar-refractivity contribution >= 4 is 0 Å². The molecule has 0 fully saturated rings. The lowest BCUT2D eigenvalue weighted by Gasteiger charge is -2.23. The minimum Gasteiger partial charge on any atom is -0.297 e. The van der Waals surface area contributed by atoms with Gasteiger partial charge in [0.05, 0.1) is 11.4 Å². The van der Waals surface area contributed by atoms with Crippen LogP contribution < -0.4 is 0 Å². The second-order valence-electron chi connectivity index (χ2n) is 4.83. The zero-order chi connectivity index (χ0) is 13.7. The van der Waals surface area contributed by atoms with E-state index in [2.05, 4.69) is 46.9 Å². The van der Waals surface area contributed by atoms with Crippen LogP contribution in [0.15, 0.2) is 30.9 Å². The van der Waals surface area contributed by atoms with Gasteiger partial charge in [0.15, 0.2) is 0 Å². The highest BCUT2D eigenvalue weighted by Gasteiger charge is 2.12. The molecule has 0 aliphatic heterocycles. The molecule has 2 aromatic rings. The van der Waals surface area contributed by atoms with Gasteiger partial charge in [0.25, 0.3) is 0 Å². The first-order chi connectivity index (χ1) is 9.19. The standard InChI is InChI=1S/C14H21N5/c1-4-19-8-5-13(17-19)11-18(3)12(2)9-14-10-15-6-7-16-14/h5-8,10,12H,4,9,11H2,1-3H3/t12-/m1/s1. The third-order valence-electron chi connectivity index (χ3n) is 3.30. The fourth-order valence-electron chi connectivity index (χ4n) is 1.97. The maximum atomic E-state index is 4.51. The van der Waals surface area contributed by atoms with Crippen molar-refractivity contribution in [1.29, 1.82) is 0 Å². The Morgan fingerprint density at radius 2 is 2.16 bits per heavy atom. The maximum Gasteiger partial charge on any atom is 0.0764 e. The maximum absolute atomic E-state index is 4.51. The molecule has 2 heterocycles. The fourth-order valence-corrected chi connectivity index (χ4v) is 1.97. The van der Waals surface area contributed by atoms with Gasteiger partial charge in [-0.2, -0.15) is 5.10 Å². The van der Waals surface area contributed by atoms with Gasteiger partial charge in [-0.1, -0.05) is 0 Å². The molecule has 5 nitrogen and oxygen atoms in total. The second kappa shape index (κ2) is 6.43.